The normalized spacial score (nSPS) is 11.8. The molecule has 0 fully saturated rings. The van der Waals surface area contributed by atoms with Crippen LogP contribution in [0, 0.1) is 0 Å². The summed E-state index contributed by atoms with van der Waals surface area (Å²) in [6.07, 6.45) is 0. The highest BCUT2D eigenvalue weighted by molar-refractivity contribution is 7.89. The molecule has 0 saturated carbocycles. The fraction of sp³-hybridized carbons (Fsp3) is 0.222. The van der Waals surface area contributed by atoms with E-state index in [0.29, 0.717) is 17.2 Å². The van der Waals surface area contributed by atoms with Crippen molar-refractivity contribution in [3.8, 4) is 0 Å². The van der Waals surface area contributed by atoms with Crippen LogP contribution in [0.3, 0.4) is 0 Å². The maximum Gasteiger partial charge on any atom is 0.260 e. The van der Waals surface area contributed by atoms with Crippen molar-refractivity contribution in [2.24, 2.45) is 0 Å². The molecule has 1 heterocycles. The van der Waals surface area contributed by atoms with Gasteiger partial charge in [-0.25, -0.2) is 17.7 Å². The molecule has 8 heteroatoms. The predicted octanol–water partition coefficient (Wildman–Crippen LogP) is 3.21. The van der Waals surface area contributed by atoms with Gasteiger partial charge in [0, 0.05) is 26.2 Å². The van der Waals surface area contributed by atoms with E-state index in [-0.39, 0.29) is 10.8 Å². The van der Waals surface area contributed by atoms with Crippen LogP contribution in [0.1, 0.15) is 17.3 Å². The second-order valence-electron chi connectivity index (χ2n) is 5.83. The van der Waals surface area contributed by atoms with Crippen molar-refractivity contribution in [2.75, 3.05) is 25.5 Å². The molecule has 1 amide bonds. The SMILES string of the molecule is CCN(C(=O)c1cccc(S(=O)(=O)N(C)C)c1)c1nc2ccccc2s1. The zero-order chi connectivity index (χ0) is 18.9. The Bertz CT molecular complexity index is 1030. The number of sulfonamides is 1. The molecule has 0 bridgehead atoms. The molecule has 0 atom stereocenters. The number of anilines is 1. The van der Waals surface area contributed by atoms with Crippen molar-refractivity contribution >= 4 is 42.6 Å². The van der Waals surface area contributed by atoms with Crippen LogP contribution in [-0.2, 0) is 10.0 Å². The van der Waals surface area contributed by atoms with Crippen molar-refractivity contribution in [2.45, 2.75) is 11.8 Å². The highest BCUT2D eigenvalue weighted by Crippen LogP contribution is 2.29. The third-order valence-electron chi connectivity index (χ3n) is 3.93. The van der Waals surface area contributed by atoms with Gasteiger partial charge < -0.3 is 0 Å². The highest BCUT2D eigenvalue weighted by Gasteiger charge is 2.23. The summed E-state index contributed by atoms with van der Waals surface area (Å²) < 4.78 is 26.8. The Kier molecular flexibility index (Phi) is 5.08. The average molecular weight is 390 g/mol. The van der Waals surface area contributed by atoms with Crippen molar-refractivity contribution in [3.63, 3.8) is 0 Å². The quantitative estimate of drug-likeness (QED) is 0.672. The number of carbonyl (C=O) groups excluding carboxylic acids is 1. The number of carbonyl (C=O) groups is 1. The molecule has 0 saturated heterocycles. The van der Waals surface area contributed by atoms with E-state index in [4.69, 9.17) is 0 Å². The largest absolute Gasteiger partial charge is 0.284 e. The van der Waals surface area contributed by atoms with Gasteiger partial charge in [0.15, 0.2) is 5.13 Å². The summed E-state index contributed by atoms with van der Waals surface area (Å²) in [6, 6.07) is 13.8. The summed E-state index contributed by atoms with van der Waals surface area (Å²) in [7, 11) is -0.678. The van der Waals surface area contributed by atoms with Crippen LogP contribution < -0.4 is 4.90 Å². The maximum atomic E-state index is 13.0. The van der Waals surface area contributed by atoms with Gasteiger partial charge in [0.2, 0.25) is 10.0 Å². The predicted molar refractivity (Wildman–Crippen MR) is 104 cm³/mol. The molecule has 3 rings (SSSR count). The second-order valence-corrected chi connectivity index (χ2v) is 8.99. The Labute approximate surface area is 156 Å². The third kappa shape index (κ3) is 3.35. The first-order valence-corrected chi connectivity index (χ1v) is 10.3. The molecule has 0 N–H and O–H groups in total. The van der Waals surface area contributed by atoms with E-state index in [1.54, 1.807) is 17.0 Å². The molecule has 0 unspecified atom stereocenters. The minimum Gasteiger partial charge on any atom is -0.284 e. The summed E-state index contributed by atoms with van der Waals surface area (Å²) in [5, 5.41) is 0.597. The Hall–Kier alpha value is -2.29. The molecule has 0 spiro atoms. The van der Waals surface area contributed by atoms with E-state index in [1.807, 2.05) is 31.2 Å². The van der Waals surface area contributed by atoms with Gasteiger partial charge >= 0.3 is 0 Å². The van der Waals surface area contributed by atoms with Gasteiger partial charge in [-0.15, -0.1) is 0 Å². The number of nitrogens with zero attached hydrogens (tertiary/aromatic N) is 3. The van der Waals surface area contributed by atoms with Crippen molar-refractivity contribution in [1.82, 2.24) is 9.29 Å². The topological polar surface area (TPSA) is 70.6 Å². The molecule has 2 aromatic carbocycles. The summed E-state index contributed by atoms with van der Waals surface area (Å²) in [6.45, 7) is 2.30. The molecule has 26 heavy (non-hydrogen) atoms. The van der Waals surface area contributed by atoms with Crippen LogP contribution in [0.15, 0.2) is 53.4 Å². The van der Waals surface area contributed by atoms with Gasteiger partial charge in [-0.1, -0.05) is 29.5 Å². The molecule has 0 aliphatic rings. The lowest BCUT2D eigenvalue weighted by atomic mass is 10.2. The molecule has 0 radical (unpaired) electrons. The molecular weight excluding hydrogens is 370 g/mol. The number of fused-ring (bicyclic) bond motifs is 1. The standard InChI is InChI=1S/C18H19N3O3S2/c1-4-21(18-19-15-10-5-6-11-16(15)25-18)17(22)13-8-7-9-14(12-13)26(23,24)20(2)3/h5-12H,4H2,1-3H3. The van der Waals surface area contributed by atoms with Gasteiger partial charge in [0.05, 0.1) is 15.1 Å². The highest BCUT2D eigenvalue weighted by atomic mass is 32.2. The Morgan fingerprint density at radius 2 is 1.85 bits per heavy atom. The fourth-order valence-corrected chi connectivity index (χ4v) is 4.47. The first kappa shape index (κ1) is 18.5. The Morgan fingerprint density at radius 3 is 2.50 bits per heavy atom. The van der Waals surface area contributed by atoms with Gasteiger partial charge in [-0.3, -0.25) is 9.69 Å². The van der Waals surface area contributed by atoms with Crippen LogP contribution in [-0.4, -0.2) is 44.3 Å². The van der Waals surface area contributed by atoms with Crippen LogP contribution in [0.2, 0.25) is 0 Å². The summed E-state index contributed by atoms with van der Waals surface area (Å²) in [5.41, 5.74) is 1.15. The summed E-state index contributed by atoms with van der Waals surface area (Å²) in [5.74, 6) is -0.276. The van der Waals surface area contributed by atoms with Crippen molar-refractivity contribution in [3.05, 3.63) is 54.1 Å². The molecule has 6 nitrogen and oxygen atoms in total. The minimum atomic E-state index is -3.60. The number of rotatable bonds is 5. The number of thiazole rings is 1. The fourth-order valence-electron chi connectivity index (χ4n) is 2.50. The lowest BCUT2D eigenvalue weighted by Gasteiger charge is -2.18. The second kappa shape index (κ2) is 7.14. The molecule has 136 valence electrons. The van der Waals surface area contributed by atoms with Crippen LogP contribution >= 0.6 is 11.3 Å². The molecule has 3 aromatic rings. The van der Waals surface area contributed by atoms with Gasteiger partial charge in [-0.05, 0) is 37.3 Å². The van der Waals surface area contributed by atoms with Crippen molar-refractivity contribution < 1.29 is 13.2 Å². The van der Waals surface area contributed by atoms with Crippen LogP contribution in [0.25, 0.3) is 10.2 Å². The van der Waals surface area contributed by atoms with E-state index in [2.05, 4.69) is 4.98 Å². The summed E-state index contributed by atoms with van der Waals surface area (Å²) in [4.78, 5) is 19.2. The minimum absolute atomic E-state index is 0.0914. The van der Waals surface area contributed by atoms with E-state index >= 15 is 0 Å². The first-order valence-electron chi connectivity index (χ1n) is 8.04. The third-order valence-corrected chi connectivity index (χ3v) is 6.80. The van der Waals surface area contributed by atoms with Crippen LogP contribution in [0.4, 0.5) is 5.13 Å². The zero-order valence-electron chi connectivity index (χ0n) is 14.7. The summed E-state index contributed by atoms with van der Waals surface area (Å²) >= 11 is 1.44. The first-order chi connectivity index (χ1) is 12.3. The Balaban J connectivity index is 1.99. The van der Waals surface area contributed by atoms with E-state index < -0.39 is 10.0 Å². The van der Waals surface area contributed by atoms with E-state index in [0.717, 1.165) is 14.5 Å². The maximum absolute atomic E-state index is 13.0. The molecule has 0 aliphatic heterocycles. The number of hydrogen-bond donors (Lipinski definition) is 0. The number of para-hydroxylation sites is 1. The molecule has 1 aromatic heterocycles. The lowest BCUT2D eigenvalue weighted by molar-refractivity contribution is 0.0988. The van der Waals surface area contributed by atoms with Gasteiger partial charge in [-0.2, -0.15) is 0 Å². The van der Waals surface area contributed by atoms with Crippen molar-refractivity contribution in [1.29, 1.82) is 0 Å². The Morgan fingerprint density at radius 1 is 1.12 bits per heavy atom. The lowest BCUT2D eigenvalue weighted by Crippen LogP contribution is -2.31. The average Bonchev–Trinajstić information content (AvgIpc) is 3.05. The smallest absolute Gasteiger partial charge is 0.260 e. The number of benzene rings is 2. The van der Waals surface area contributed by atoms with Crippen LogP contribution in [0.5, 0.6) is 0 Å². The van der Waals surface area contributed by atoms with Gasteiger partial charge in [0.25, 0.3) is 5.91 Å². The van der Waals surface area contributed by atoms with E-state index in [9.17, 15) is 13.2 Å². The zero-order valence-corrected chi connectivity index (χ0v) is 16.3. The number of amides is 1. The van der Waals surface area contributed by atoms with Gasteiger partial charge in [0.1, 0.15) is 0 Å². The molecule has 0 aliphatic carbocycles. The van der Waals surface area contributed by atoms with E-state index in [1.165, 1.54) is 37.6 Å². The monoisotopic (exact) mass is 389 g/mol. The molecular formula is C18H19N3O3S2. The number of aromatic nitrogens is 1. The number of hydrogen-bond acceptors (Lipinski definition) is 5.